The van der Waals surface area contributed by atoms with E-state index in [0.717, 1.165) is 22.9 Å². The normalized spacial score (nSPS) is 16.8. The average molecular weight is 221 g/mol. The lowest BCUT2D eigenvalue weighted by Gasteiger charge is -2.24. The Balaban J connectivity index is 2.24. The molecule has 1 fully saturated rings. The molecule has 4 heteroatoms. The second kappa shape index (κ2) is 3.10. The van der Waals surface area contributed by atoms with Crippen LogP contribution >= 0.6 is 11.5 Å². The van der Waals surface area contributed by atoms with Crippen LogP contribution in [-0.4, -0.2) is 9.06 Å². The van der Waals surface area contributed by atoms with Crippen LogP contribution in [0.3, 0.4) is 0 Å². The van der Waals surface area contributed by atoms with Gasteiger partial charge >= 0.3 is 0 Å². The van der Waals surface area contributed by atoms with Crippen molar-refractivity contribution in [3.8, 4) is 5.75 Å². The lowest BCUT2D eigenvalue weighted by Crippen LogP contribution is -2.24. The quantitative estimate of drug-likeness (QED) is 0.803. The first kappa shape index (κ1) is 8.97. The molecule has 0 saturated heterocycles. The van der Waals surface area contributed by atoms with Crippen molar-refractivity contribution in [3.05, 3.63) is 28.6 Å². The summed E-state index contributed by atoms with van der Waals surface area (Å²) in [5.41, 5.74) is 0.0969. The molecular formula is C11H11NO2S. The van der Waals surface area contributed by atoms with Gasteiger partial charge in [0.2, 0.25) is 0 Å². The van der Waals surface area contributed by atoms with Crippen LogP contribution in [0.15, 0.2) is 23.0 Å². The van der Waals surface area contributed by atoms with E-state index in [-0.39, 0.29) is 11.3 Å². The van der Waals surface area contributed by atoms with E-state index in [4.69, 9.17) is 0 Å². The molecule has 1 saturated carbocycles. The minimum Gasteiger partial charge on any atom is -0.508 e. The second-order valence-electron chi connectivity index (χ2n) is 3.99. The number of fused-ring (bicyclic) bond motifs is 1. The summed E-state index contributed by atoms with van der Waals surface area (Å²) in [6.07, 6.45) is 3.44. The maximum Gasteiger partial charge on any atom is 0.268 e. The molecule has 0 unspecified atom stereocenters. The van der Waals surface area contributed by atoms with E-state index in [9.17, 15) is 9.90 Å². The molecule has 78 valence electrons. The van der Waals surface area contributed by atoms with Crippen molar-refractivity contribution < 1.29 is 5.11 Å². The Labute approximate surface area is 90.7 Å². The number of benzene rings is 1. The number of aromatic hydroxyl groups is 1. The third kappa shape index (κ3) is 1.28. The third-order valence-electron chi connectivity index (χ3n) is 3.00. The second-order valence-corrected chi connectivity index (χ2v) is 5.00. The van der Waals surface area contributed by atoms with Crippen LogP contribution in [0.2, 0.25) is 0 Å². The Bertz CT molecular complexity index is 565. The minimum absolute atomic E-state index is 0.0969. The van der Waals surface area contributed by atoms with Crippen LogP contribution in [0.25, 0.3) is 10.1 Å². The molecule has 1 N–H and O–H groups in total. The van der Waals surface area contributed by atoms with Crippen molar-refractivity contribution in [2.45, 2.75) is 25.3 Å². The van der Waals surface area contributed by atoms with Crippen LogP contribution in [0, 0.1) is 0 Å². The first-order chi connectivity index (χ1) is 7.25. The van der Waals surface area contributed by atoms with E-state index < -0.39 is 0 Å². The van der Waals surface area contributed by atoms with Crippen molar-refractivity contribution in [2.75, 3.05) is 0 Å². The van der Waals surface area contributed by atoms with Gasteiger partial charge in [0.05, 0.1) is 10.1 Å². The van der Waals surface area contributed by atoms with Crippen LogP contribution in [-0.2, 0) is 0 Å². The van der Waals surface area contributed by atoms with Crippen molar-refractivity contribution in [2.24, 2.45) is 0 Å². The fourth-order valence-electron chi connectivity index (χ4n) is 1.89. The van der Waals surface area contributed by atoms with Gasteiger partial charge < -0.3 is 5.11 Å². The molecule has 0 atom stereocenters. The van der Waals surface area contributed by atoms with Gasteiger partial charge in [-0.25, -0.2) is 0 Å². The van der Waals surface area contributed by atoms with Gasteiger partial charge in [0.1, 0.15) is 5.75 Å². The van der Waals surface area contributed by atoms with E-state index in [1.807, 2.05) is 3.96 Å². The summed E-state index contributed by atoms with van der Waals surface area (Å²) in [6.45, 7) is 0. The first-order valence-corrected chi connectivity index (χ1v) is 5.87. The molecule has 0 amide bonds. The number of aromatic nitrogens is 1. The molecule has 0 radical (unpaired) electrons. The van der Waals surface area contributed by atoms with Crippen molar-refractivity contribution in [1.29, 1.82) is 0 Å². The Morgan fingerprint density at radius 1 is 1.40 bits per heavy atom. The summed E-state index contributed by atoms with van der Waals surface area (Å²) in [5, 5.41) is 10.1. The maximum atomic E-state index is 12.0. The molecule has 1 heterocycles. The van der Waals surface area contributed by atoms with E-state index in [0.29, 0.717) is 6.04 Å². The monoisotopic (exact) mass is 221 g/mol. The molecule has 0 spiro atoms. The highest BCUT2D eigenvalue weighted by Crippen LogP contribution is 2.34. The molecule has 15 heavy (non-hydrogen) atoms. The predicted octanol–water partition coefficient (Wildman–Crippen LogP) is 2.49. The number of hydrogen-bond donors (Lipinski definition) is 1. The van der Waals surface area contributed by atoms with Gasteiger partial charge in [-0.1, -0.05) is 11.5 Å². The SMILES string of the molecule is O=c1c2ccc(O)cc2sn1C1CCC1. The number of rotatable bonds is 1. The Morgan fingerprint density at radius 3 is 2.87 bits per heavy atom. The molecule has 1 aliphatic rings. The molecule has 1 aliphatic carbocycles. The van der Waals surface area contributed by atoms with Gasteiger partial charge in [0.15, 0.2) is 0 Å². The van der Waals surface area contributed by atoms with Gasteiger partial charge in [-0.15, -0.1) is 0 Å². The maximum absolute atomic E-state index is 12.0. The topological polar surface area (TPSA) is 42.2 Å². The molecule has 2 aromatic rings. The fourth-order valence-corrected chi connectivity index (χ4v) is 3.07. The number of phenolic OH excluding ortho intramolecular Hbond substituents is 1. The van der Waals surface area contributed by atoms with Crippen LogP contribution in [0.4, 0.5) is 0 Å². The summed E-state index contributed by atoms with van der Waals surface area (Å²) >= 11 is 1.47. The van der Waals surface area contributed by atoms with Crippen molar-refractivity contribution in [1.82, 2.24) is 3.96 Å². The smallest absolute Gasteiger partial charge is 0.268 e. The van der Waals surface area contributed by atoms with Crippen LogP contribution < -0.4 is 5.56 Å². The van der Waals surface area contributed by atoms with E-state index in [2.05, 4.69) is 0 Å². The highest BCUT2D eigenvalue weighted by molar-refractivity contribution is 7.13. The van der Waals surface area contributed by atoms with Crippen LogP contribution in [0.5, 0.6) is 5.75 Å². The zero-order chi connectivity index (χ0) is 10.4. The first-order valence-electron chi connectivity index (χ1n) is 5.10. The summed E-state index contributed by atoms with van der Waals surface area (Å²) < 4.78 is 2.74. The molecule has 0 aliphatic heterocycles. The average Bonchev–Trinajstić information content (AvgIpc) is 2.41. The summed E-state index contributed by atoms with van der Waals surface area (Å²) in [6, 6.07) is 5.34. The molecule has 1 aromatic heterocycles. The number of hydrogen-bond acceptors (Lipinski definition) is 3. The molecule has 0 bridgehead atoms. The van der Waals surface area contributed by atoms with Gasteiger partial charge in [0, 0.05) is 6.04 Å². The molecule has 3 nitrogen and oxygen atoms in total. The van der Waals surface area contributed by atoms with E-state index in [1.54, 1.807) is 18.2 Å². The largest absolute Gasteiger partial charge is 0.508 e. The van der Waals surface area contributed by atoms with Gasteiger partial charge in [0.25, 0.3) is 5.56 Å². The van der Waals surface area contributed by atoms with Crippen molar-refractivity contribution >= 4 is 21.6 Å². The number of phenols is 1. The van der Waals surface area contributed by atoms with Crippen molar-refractivity contribution in [3.63, 3.8) is 0 Å². The van der Waals surface area contributed by atoms with Gasteiger partial charge in [-0.3, -0.25) is 8.75 Å². The zero-order valence-corrected chi connectivity index (χ0v) is 8.96. The predicted molar refractivity (Wildman–Crippen MR) is 60.6 cm³/mol. The Kier molecular flexibility index (Phi) is 1.85. The summed E-state index contributed by atoms with van der Waals surface area (Å²) in [4.78, 5) is 12.0. The summed E-state index contributed by atoms with van der Waals surface area (Å²) in [5.74, 6) is 0.226. The fraction of sp³-hybridized carbons (Fsp3) is 0.364. The number of nitrogens with zero attached hydrogens (tertiary/aromatic N) is 1. The Morgan fingerprint density at radius 2 is 2.20 bits per heavy atom. The Hall–Kier alpha value is -1.29. The lowest BCUT2D eigenvalue weighted by atomic mass is 9.94. The third-order valence-corrected chi connectivity index (χ3v) is 4.19. The summed E-state index contributed by atoms with van der Waals surface area (Å²) in [7, 11) is 0. The molecule has 3 rings (SSSR count). The van der Waals surface area contributed by atoms with E-state index >= 15 is 0 Å². The van der Waals surface area contributed by atoms with E-state index in [1.165, 1.54) is 18.0 Å². The minimum atomic E-state index is 0.0969. The highest BCUT2D eigenvalue weighted by atomic mass is 32.1. The van der Waals surface area contributed by atoms with Gasteiger partial charge in [-0.05, 0) is 37.5 Å². The van der Waals surface area contributed by atoms with Crippen LogP contribution in [0.1, 0.15) is 25.3 Å². The molecule has 1 aromatic carbocycles. The lowest BCUT2D eigenvalue weighted by molar-refractivity contribution is 0.327. The zero-order valence-electron chi connectivity index (χ0n) is 8.14. The highest BCUT2D eigenvalue weighted by Gasteiger charge is 2.22. The van der Waals surface area contributed by atoms with Gasteiger partial charge in [-0.2, -0.15) is 0 Å². The molecular weight excluding hydrogens is 210 g/mol. The standard InChI is InChI=1S/C11H11NO2S/c13-8-4-5-9-10(6-8)15-12(11(9)14)7-2-1-3-7/h4-7,13H,1-3H2.